The number of aromatic nitrogens is 2. The molecule has 2 N–H and O–H groups in total. The summed E-state index contributed by atoms with van der Waals surface area (Å²) < 4.78 is 36.6. The number of nitrogens with zero attached hydrogens (tertiary/aromatic N) is 4. The molecule has 0 amide bonds. The average molecular weight is 572 g/mol. The van der Waals surface area contributed by atoms with Crippen LogP contribution in [0, 0.1) is 35.4 Å². The van der Waals surface area contributed by atoms with Crippen molar-refractivity contribution in [3.63, 3.8) is 0 Å². The number of thioether (sulfide) groups is 1. The standard InChI is InChI=1S/C30H26FN5O4S/c1-17-25(35-28(39-17)19-5-4-6-20(31)11-19)16-41-29-24(13-33)26(23(12-32)27(34)36-29)18-7-9-21(10-8-18)37-14-22-15-38-30(2,3)40-22/h4-11,22H,14-16H2,1-3H3,(H2,34,36)/t22-/m1/s1. The molecule has 4 aromatic rings. The van der Waals surface area contributed by atoms with Gasteiger partial charge < -0.3 is 24.4 Å². The number of hydrogen-bond acceptors (Lipinski definition) is 10. The largest absolute Gasteiger partial charge is 0.491 e. The topological polar surface area (TPSA) is 140 Å². The minimum atomic E-state index is -0.633. The zero-order valence-corrected chi connectivity index (χ0v) is 23.4. The monoisotopic (exact) mass is 571 g/mol. The highest BCUT2D eigenvalue weighted by Gasteiger charge is 2.33. The second-order valence-corrected chi connectivity index (χ2v) is 10.7. The van der Waals surface area contributed by atoms with Gasteiger partial charge in [0.25, 0.3) is 0 Å². The smallest absolute Gasteiger partial charge is 0.226 e. The molecule has 0 radical (unpaired) electrons. The van der Waals surface area contributed by atoms with E-state index in [4.69, 9.17) is 24.4 Å². The maximum atomic E-state index is 13.7. The Labute approximate surface area is 240 Å². The molecule has 0 bridgehead atoms. The van der Waals surface area contributed by atoms with E-state index >= 15 is 0 Å². The molecular formula is C30H26FN5O4S. The van der Waals surface area contributed by atoms with E-state index in [1.54, 1.807) is 43.3 Å². The molecule has 0 unspecified atom stereocenters. The first-order chi connectivity index (χ1) is 19.7. The number of ether oxygens (including phenoxy) is 3. The number of oxazole rings is 1. The first kappa shape index (κ1) is 28.1. The van der Waals surface area contributed by atoms with Gasteiger partial charge in [0.15, 0.2) is 5.79 Å². The van der Waals surface area contributed by atoms with Gasteiger partial charge in [-0.3, -0.25) is 0 Å². The van der Waals surface area contributed by atoms with E-state index in [-0.39, 0.29) is 23.0 Å². The van der Waals surface area contributed by atoms with Gasteiger partial charge >= 0.3 is 0 Å². The summed E-state index contributed by atoms with van der Waals surface area (Å²) in [6, 6.07) is 17.3. The Kier molecular flexibility index (Phi) is 7.95. The summed E-state index contributed by atoms with van der Waals surface area (Å²) in [6.07, 6.45) is -0.182. The highest BCUT2D eigenvalue weighted by molar-refractivity contribution is 7.98. The van der Waals surface area contributed by atoms with Crippen molar-refractivity contribution in [3.05, 3.63) is 76.9 Å². The minimum Gasteiger partial charge on any atom is -0.491 e. The lowest BCUT2D eigenvalue weighted by molar-refractivity contribution is -0.141. The molecule has 2 aromatic carbocycles. The Morgan fingerprint density at radius 3 is 2.51 bits per heavy atom. The molecule has 1 aliphatic heterocycles. The fraction of sp³-hybridized carbons (Fsp3) is 0.267. The van der Waals surface area contributed by atoms with Gasteiger partial charge in [0.2, 0.25) is 5.89 Å². The summed E-state index contributed by atoms with van der Waals surface area (Å²) >= 11 is 1.25. The zero-order chi connectivity index (χ0) is 29.1. The molecule has 3 heterocycles. The maximum Gasteiger partial charge on any atom is 0.226 e. The van der Waals surface area contributed by atoms with Gasteiger partial charge in [-0.2, -0.15) is 10.5 Å². The SMILES string of the molecule is Cc1oc(-c2cccc(F)c2)nc1CSc1nc(N)c(C#N)c(-c2ccc(OC[C@@H]3COC(C)(C)O3)cc2)c1C#N. The summed E-state index contributed by atoms with van der Waals surface area (Å²) in [6.45, 7) is 6.23. The molecule has 5 rings (SSSR count). The quantitative estimate of drug-likeness (QED) is 0.250. The Balaban J connectivity index is 1.38. The number of nitriles is 2. The van der Waals surface area contributed by atoms with E-state index in [9.17, 15) is 14.9 Å². The van der Waals surface area contributed by atoms with Gasteiger partial charge in [0.05, 0.1) is 17.9 Å². The molecule has 1 saturated heterocycles. The first-order valence-corrected chi connectivity index (χ1v) is 13.7. The zero-order valence-electron chi connectivity index (χ0n) is 22.6. The van der Waals surface area contributed by atoms with Gasteiger partial charge in [0.1, 0.15) is 58.6 Å². The number of rotatable bonds is 8. The highest BCUT2D eigenvalue weighted by Crippen LogP contribution is 2.38. The van der Waals surface area contributed by atoms with Crippen LogP contribution in [0.1, 0.15) is 36.4 Å². The third kappa shape index (κ3) is 6.18. The summed E-state index contributed by atoms with van der Waals surface area (Å²) in [5.41, 5.74) is 8.66. The third-order valence-electron chi connectivity index (χ3n) is 6.37. The van der Waals surface area contributed by atoms with E-state index in [2.05, 4.69) is 22.1 Å². The maximum absolute atomic E-state index is 13.7. The average Bonchev–Trinajstić information content (AvgIpc) is 3.51. The lowest BCUT2D eigenvalue weighted by Gasteiger charge is -2.17. The normalized spacial score (nSPS) is 15.8. The van der Waals surface area contributed by atoms with Crippen LogP contribution in [0.2, 0.25) is 0 Å². The Morgan fingerprint density at radius 1 is 1.10 bits per heavy atom. The molecule has 1 aliphatic rings. The van der Waals surface area contributed by atoms with Crippen molar-refractivity contribution < 1.29 is 23.0 Å². The molecule has 0 saturated carbocycles. The van der Waals surface area contributed by atoms with Crippen molar-refractivity contribution >= 4 is 17.6 Å². The van der Waals surface area contributed by atoms with Crippen molar-refractivity contribution in [2.45, 2.75) is 43.4 Å². The van der Waals surface area contributed by atoms with Gasteiger partial charge in [0, 0.05) is 16.9 Å². The summed E-state index contributed by atoms with van der Waals surface area (Å²) in [7, 11) is 0. The van der Waals surface area contributed by atoms with Crippen LogP contribution in [0.15, 0.2) is 58.0 Å². The molecule has 41 heavy (non-hydrogen) atoms. The Hall–Kier alpha value is -4.42. The highest BCUT2D eigenvalue weighted by atomic mass is 32.2. The second-order valence-electron chi connectivity index (χ2n) is 9.76. The second kappa shape index (κ2) is 11.6. The van der Waals surface area contributed by atoms with Gasteiger partial charge in [-0.1, -0.05) is 30.0 Å². The Morgan fingerprint density at radius 2 is 1.85 bits per heavy atom. The van der Waals surface area contributed by atoms with E-state index in [1.807, 2.05) is 13.8 Å². The number of halogens is 1. The predicted molar refractivity (Wildman–Crippen MR) is 150 cm³/mol. The van der Waals surface area contributed by atoms with Crippen LogP contribution < -0.4 is 10.5 Å². The molecule has 11 heteroatoms. The summed E-state index contributed by atoms with van der Waals surface area (Å²) in [5.74, 6) is 0.766. The third-order valence-corrected chi connectivity index (χ3v) is 7.36. The number of benzene rings is 2. The number of hydrogen-bond donors (Lipinski definition) is 1. The molecule has 1 atom stereocenters. The fourth-order valence-electron chi connectivity index (χ4n) is 4.39. The molecule has 0 aliphatic carbocycles. The molecule has 2 aromatic heterocycles. The van der Waals surface area contributed by atoms with Crippen molar-refractivity contribution in [2.75, 3.05) is 18.9 Å². The van der Waals surface area contributed by atoms with Gasteiger partial charge in [-0.25, -0.2) is 14.4 Å². The minimum absolute atomic E-state index is 0.0163. The molecule has 0 spiro atoms. The molecular weight excluding hydrogens is 545 g/mol. The van der Waals surface area contributed by atoms with E-state index in [0.717, 1.165) is 0 Å². The molecule has 1 fully saturated rings. The fourth-order valence-corrected chi connectivity index (χ4v) is 5.38. The van der Waals surface area contributed by atoms with Crippen LogP contribution in [0.5, 0.6) is 5.75 Å². The van der Waals surface area contributed by atoms with Crippen LogP contribution in [0.25, 0.3) is 22.6 Å². The molecule has 9 nitrogen and oxygen atoms in total. The van der Waals surface area contributed by atoms with Crippen molar-refractivity contribution in [1.29, 1.82) is 10.5 Å². The van der Waals surface area contributed by atoms with Crippen molar-refractivity contribution in [2.24, 2.45) is 0 Å². The summed E-state index contributed by atoms with van der Waals surface area (Å²) in [5, 5.41) is 20.4. The van der Waals surface area contributed by atoms with Gasteiger partial charge in [-0.05, 0) is 56.7 Å². The Bertz CT molecular complexity index is 1670. The van der Waals surface area contributed by atoms with Crippen molar-refractivity contribution in [1.82, 2.24) is 9.97 Å². The number of nitrogens with two attached hydrogens (primary N) is 1. The number of aryl methyl sites for hydroxylation is 1. The lowest BCUT2D eigenvalue weighted by Crippen LogP contribution is -2.25. The number of anilines is 1. The first-order valence-electron chi connectivity index (χ1n) is 12.7. The number of pyridine rings is 1. The van der Waals surface area contributed by atoms with Crippen LogP contribution in [-0.2, 0) is 15.2 Å². The molecule has 208 valence electrons. The summed E-state index contributed by atoms with van der Waals surface area (Å²) in [4.78, 5) is 8.88. The van der Waals surface area contributed by atoms with Crippen molar-refractivity contribution in [3.8, 4) is 40.5 Å². The van der Waals surface area contributed by atoms with Crippen LogP contribution in [-0.4, -0.2) is 35.1 Å². The van der Waals surface area contributed by atoms with E-state index in [0.29, 0.717) is 63.8 Å². The van der Waals surface area contributed by atoms with Crippen LogP contribution in [0.4, 0.5) is 10.2 Å². The van der Waals surface area contributed by atoms with Gasteiger partial charge in [-0.15, -0.1) is 0 Å². The predicted octanol–water partition coefficient (Wildman–Crippen LogP) is 6.00. The number of nitrogen functional groups attached to an aromatic ring is 1. The van der Waals surface area contributed by atoms with Crippen LogP contribution in [0.3, 0.4) is 0 Å². The van der Waals surface area contributed by atoms with E-state index in [1.165, 1.54) is 23.9 Å². The lowest BCUT2D eigenvalue weighted by atomic mass is 9.97. The van der Waals surface area contributed by atoms with Crippen LogP contribution >= 0.6 is 11.8 Å². The van der Waals surface area contributed by atoms with E-state index < -0.39 is 11.6 Å².